The molecule has 1 aromatic carbocycles. The standard InChI is InChI=1S/C17H22FNO2/c18-15-10-13(17(20)21)7-8-14(15)11-19-9-3-5-12-4-1-2-6-16(12)19/h7-8,10,12,16H,1-6,9,11H2,(H,20,21)/t12-,16-/m1/s1. The number of hydrogen-bond acceptors (Lipinski definition) is 2. The summed E-state index contributed by atoms with van der Waals surface area (Å²) in [6.07, 6.45) is 7.63. The van der Waals surface area contributed by atoms with Crippen molar-refractivity contribution in [3.8, 4) is 0 Å². The molecule has 0 spiro atoms. The Kier molecular flexibility index (Phi) is 4.24. The van der Waals surface area contributed by atoms with Crippen molar-refractivity contribution < 1.29 is 14.3 Å². The van der Waals surface area contributed by atoms with Crippen LogP contribution in [0.4, 0.5) is 4.39 Å². The second-order valence-electron chi connectivity index (χ2n) is 6.34. The number of nitrogens with zero attached hydrogens (tertiary/aromatic N) is 1. The Morgan fingerprint density at radius 3 is 2.76 bits per heavy atom. The number of hydrogen-bond donors (Lipinski definition) is 1. The van der Waals surface area contributed by atoms with Gasteiger partial charge in [0.15, 0.2) is 0 Å². The van der Waals surface area contributed by atoms with E-state index in [-0.39, 0.29) is 5.56 Å². The number of fused-ring (bicyclic) bond motifs is 1. The van der Waals surface area contributed by atoms with Crippen molar-refractivity contribution in [3.63, 3.8) is 0 Å². The van der Waals surface area contributed by atoms with Gasteiger partial charge >= 0.3 is 5.97 Å². The molecule has 0 bridgehead atoms. The highest BCUT2D eigenvalue weighted by atomic mass is 19.1. The van der Waals surface area contributed by atoms with E-state index in [2.05, 4.69) is 4.90 Å². The summed E-state index contributed by atoms with van der Waals surface area (Å²) in [5.41, 5.74) is 0.636. The molecule has 4 heteroatoms. The lowest BCUT2D eigenvalue weighted by molar-refractivity contribution is 0.0538. The fourth-order valence-electron chi connectivity index (χ4n) is 3.95. The average molecular weight is 291 g/mol. The van der Waals surface area contributed by atoms with Crippen LogP contribution in [0.1, 0.15) is 54.4 Å². The smallest absolute Gasteiger partial charge is 0.335 e. The van der Waals surface area contributed by atoms with E-state index < -0.39 is 11.8 Å². The molecule has 0 aromatic heterocycles. The predicted octanol–water partition coefficient (Wildman–Crippen LogP) is 3.68. The van der Waals surface area contributed by atoms with E-state index >= 15 is 0 Å². The number of carboxylic acid groups (broad SMARTS) is 1. The Morgan fingerprint density at radius 1 is 1.24 bits per heavy atom. The van der Waals surface area contributed by atoms with Gasteiger partial charge in [-0.25, -0.2) is 9.18 Å². The molecule has 2 atom stereocenters. The van der Waals surface area contributed by atoms with E-state index in [0.29, 0.717) is 18.2 Å². The molecule has 21 heavy (non-hydrogen) atoms. The van der Waals surface area contributed by atoms with Crippen molar-refractivity contribution in [2.75, 3.05) is 6.54 Å². The van der Waals surface area contributed by atoms with Crippen LogP contribution in [-0.2, 0) is 6.54 Å². The zero-order valence-corrected chi connectivity index (χ0v) is 12.2. The Bertz CT molecular complexity index is 530. The van der Waals surface area contributed by atoms with Gasteiger partial charge in [0.25, 0.3) is 0 Å². The lowest BCUT2D eigenvalue weighted by Gasteiger charge is -2.44. The maximum atomic E-state index is 14.1. The molecule has 1 heterocycles. The molecule has 1 saturated heterocycles. The van der Waals surface area contributed by atoms with Gasteiger partial charge in [0.05, 0.1) is 5.56 Å². The summed E-state index contributed by atoms with van der Waals surface area (Å²) in [5.74, 6) is -0.701. The van der Waals surface area contributed by atoms with Gasteiger partial charge in [-0.2, -0.15) is 0 Å². The number of carboxylic acids is 1. The predicted molar refractivity (Wildman–Crippen MR) is 78.7 cm³/mol. The largest absolute Gasteiger partial charge is 0.478 e. The summed E-state index contributed by atoms with van der Waals surface area (Å²) in [6, 6.07) is 4.86. The number of rotatable bonds is 3. The molecule has 1 saturated carbocycles. The van der Waals surface area contributed by atoms with Crippen molar-refractivity contribution in [1.29, 1.82) is 0 Å². The van der Waals surface area contributed by atoms with Crippen molar-refractivity contribution in [2.24, 2.45) is 5.92 Å². The Hall–Kier alpha value is -1.42. The molecule has 0 radical (unpaired) electrons. The zero-order chi connectivity index (χ0) is 14.8. The monoisotopic (exact) mass is 291 g/mol. The van der Waals surface area contributed by atoms with Gasteiger partial charge in [-0.15, -0.1) is 0 Å². The highest BCUT2D eigenvalue weighted by Gasteiger charge is 2.33. The lowest BCUT2D eigenvalue weighted by Crippen LogP contribution is -2.46. The molecule has 1 aromatic rings. The summed E-state index contributed by atoms with van der Waals surface area (Å²) in [4.78, 5) is 13.3. The summed E-state index contributed by atoms with van der Waals surface area (Å²) < 4.78 is 14.1. The van der Waals surface area contributed by atoms with Gasteiger partial charge in [0.2, 0.25) is 0 Å². The van der Waals surface area contributed by atoms with E-state index in [1.54, 1.807) is 6.07 Å². The van der Waals surface area contributed by atoms with E-state index in [4.69, 9.17) is 5.11 Å². The van der Waals surface area contributed by atoms with Gasteiger partial charge in [-0.1, -0.05) is 18.9 Å². The van der Waals surface area contributed by atoms with Crippen LogP contribution in [0.15, 0.2) is 18.2 Å². The fraction of sp³-hybridized carbons (Fsp3) is 0.588. The quantitative estimate of drug-likeness (QED) is 0.923. The van der Waals surface area contributed by atoms with Crippen LogP contribution in [0, 0.1) is 11.7 Å². The number of halogens is 1. The average Bonchev–Trinajstić information content (AvgIpc) is 2.49. The summed E-state index contributed by atoms with van der Waals surface area (Å²) >= 11 is 0. The van der Waals surface area contributed by atoms with Gasteiger partial charge in [-0.05, 0) is 50.3 Å². The Labute approximate surface area is 124 Å². The fourth-order valence-corrected chi connectivity index (χ4v) is 3.95. The van der Waals surface area contributed by atoms with Gasteiger partial charge in [0.1, 0.15) is 5.82 Å². The van der Waals surface area contributed by atoms with Crippen LogP contribution in [0.25, 0.3) is 0 Å². The third kappa shape index (κ3) is 3.10. The van der Waals surface area contributed by atoms with Crippen molar-refractivity contribution >= 4 is 5.97 Å². The molecular weight excluding hydrogens is 269 g/mol. The summed E-state index contributed by atoms with van der Waals surface area (Å²) in [6.45, 7) is 1.63. The molecule has 2 aliphatic rings. The molecule has 0 unspecified atom stereocenters. The van der Waals surface area contributed by atoms with Gasteiger partial charge < -0.3 is 5.11 Å². The molecule has 1 aliphatic carbocycles. The molecule has 3 nitrogen and oxygen atoms in total. The minimum atomic E-state index is -1.08. The SMILES string of the molecule is O=C(O)c1ccc(CN2CCC[C@H]3CCCC[C@H]32)c(F)c1. The normalized spacial score (nSPS) is 26.3. The van der Waals surface area contributed by atoms with Crippen LogP contribution in [0.2, 0.25) is 0 Å². The number of likely N-dealkylation sites (tertiary alicyclic amines) is 1. The third-order valence-electron chi connectivity index (χ3n) is 5.03. The maximum Gasteiger partial charge on any atom is 0.335 e. The van der Waals surface area contributed by atoms with Crippen LogP contribution in [0.5, 0.6) is 0 Å². The Morgan fingerprint density at radius 2 is 2.00 bits per heavy atom. The van der Waals surface area contributed by atoms with Gasteiger partial charge in [-0.3, -0.25) is 4.90 Å². The summed E-state index contributed by atoms with van der Waals surface area (Å²) in [5, 5.41) is 8.90. The van der Waals surface area contributed by atoms with E-state index in [9.17, 15) is 9.18 Å². The van der Waals surface area contributed by atoms with Crippen LogP contribution in [-0.4, -0.2) is 28.6 Å². The molecule has 1 aliphatic heterocycles. The molecule has 0 amide bonds. The Balaban J connectivity index is 1.74. The first kappa shape index (κ1) is 14.5. The van der Waals surface area contributed by atoms with Crippen LogP contribution >= 0.6 is 0 Å². The number of piperidine rings is 1. The van der Waals surface area contributed by atoms with E-state index in [1.807, 2.05) is 0 Å². The van der Waals surface area contributed by atoms with E-state index in [0.717, 1.165) is 18.5 Å². The summed E-state index contributed by atoms with van der Waals surface area (Å²) in [7, 11) is 0. The second kappa shape index (κ2) is 6.14. The van der Waals surface area contributed by atoms with E-state index in [1.165, 1.54) is 44.6 Å². The van der Waals surface area contributed by atoms with Crippen molar-refractivity contribution in [3.05, 3.63) is 35.1 Å². The van der Waals surface area contributed by atoms with Crippen LogP contribution < -0.4 is 0 Å². The maximum absolute atomic E-state index is 14.1. The van der Waals surface area contributed by atoms with Gasteiger partial charge in [0, 0.05) is 18.2 Å². The first-order chi connectivity index (χ1) is 10.1. The van der Waals surface area contributed by atoms with Crippen molar-refractivity contribution in [2.45, 2.75) is 51.1 Å². The van der Waals surface area contributed by atoms with Crippen molar-refractivity contribution in [1.82, 2.24) is 4.90 Å². The van der Waals surface area contributed by atoms with Crippen LogP contribution in [0.3, 0.4) is 0 Å². The minimum absolute atomic E-state index is 0.0189. The number of aromatic carboxylic acids is 1. The lowest BCUT2D eigenvalue weighted by atomic mass is 9.78. The second-order valence-corrected chi connectivity index (χ2v) is 6.34. The highest BCUT2D eigenvalue weighted by molar-refractivity contribution is 5.87. The number of carbonyl (C=O) groups is 1. The zero-order valence-electron chi connectivity index (χ0n) is 12.2. The molecule has 1 N–H and O–H groups in total. The number of benzene rings is 1. The topological polar surface area (TPSA) is 40.5 Å². The molecule has 114 valence electrons. The molecule has 3 rings (SSSR count). The highest BCUT2D eigenvalue weighted by Crippen LogP contribution is 2.36. The molecular formula is C17H22FNO2. The third-order valence-corrected chi connectivity index (χ3v) is 5.03. The minimum Gasteiger partial charge on any atom is -0.478 e. The first-order valence-corrected chi connectivity index (χ1v) is 7.91. The molecule has 2 fully saturated rings. The first-order valence-electron chi connectivity index (χ1n) is 7.91.